The number of nitrogens with zero attached hydrogens (tertiary/aromatic N) is 3. The van der Waals surface area contributed by atoms with Crippen molar-refractivity contribution in [3.8, 4) is 0 Å². The zero-order chi connectivity index (χ0) is 21.7. The van der Waals surface area contributed by atoms with Gasteiger partial charge in [0, 0.05) is 22.1 Å². The SMILES string of the molecule is CCn1c(SCC(=O)c2ccc(Br)cc2)nnc1[C@@H](C)NC(=O)c1ccc(C)cc1. The Bertz CT molecular complexity index is 1030. The van der Waals surface area contributed by atoms with Gasteiger partial charge in [0.05, 0.1) is 11.8 Å². The maximum Gasteiger partial charge on any atom is 0.251 e. The maximum absolute atomic E-state index is 12.5. The molecule has 2 aromatic carbocycles. The van der Waals surface area contributed by atoms with Crippen molar-refractivity contribution in [2.45, 2.75) is 38.5 Å². The van der Waals surface area contributed by atoms with Gasteiger partial charge in [-0.3, -0.25) is 9.59 Å². The molecule has 0 aliphatic rings. The lowest BCUT2D eigenvalue weighted by Crippen LogP contribution is -2.28. The molecule has 6 nitrogen and oxygen atoms in total. The van der Waals surface area contributed by atoms with Crippen LogP contribution in [0.1, 0.15) is 52.0 Å². The summed E-state index contributed by atoms with van der Waals surface area (Å²) in [6, 6.07) is 14.4. The summed E-state index contributed by atoms with van der Waals surface area (Å²) in [6.07, 6.45) is 0. The van der Waals surface area contributed by atoms with Crippen LogP contribution in [0.15, 0.2) is 58.2 Å². The molecule has 0 fully saturated rings. The number of hydrogen-bond acceptors (Lipinski definition) is 5. The summed E-state index contributed by atoms with van der Waals surface area (Å²) >= 11 is 4.72. The molecule has 1 N–H and O–H groups in total. The highest BCUT2D eigenvalue weighted by molar-refractivity contribution is 9.10. The van der Waals surface area contributed by atoms with Crippen molar-refractivity contribution in [1.29, 1.82) is 0 Å². The van der Waals surface area contributed by atoms with Crippen LogP contribution in [0.2, 0.25) is 0 Å². The maximum atomic E-state index is 12.5. The standard InChI is InChI=1S/C22H23BrN4O2S/c1-4-27-20(15(3)24-21(29)17-7-5-14(2)6-8-17)25-26-22(27)30-13-19(28)16-9-11-18(23)12-10-16/h5-12,15H,4,13H2,1-3H3,(H,24,29)/t15-/m1/s1. The van der Waals surface area contributed by atoms with Gasteiger partial charge in [-0.05, 0) is 45.0 Å². The minimum Gasteiger partial charge on any atom is -0.342 e. The third-order valence-electron chi connectivity index (χ3n) is 4.61. The Morgan fingerprint density at radius 2 is 1.70 bits per heavy atom. The molecule has 1 atom stereocenters. The first-order chi connectivity index (χ1) is 14.4. The summed E-state index contributed by atoms with van der Waals surface area (Å²) in [5.41, 5.74) is 2.36. The van der Waals surface area contributed by atoms with Crippen molar-refractivity contribution in [3.05, 3.63) is 75.5 Å². The number of hydrogen-bond donors (Lipinski definition) is 1. The number of Topliss-reactive ketones (excluding diaryl/α,β-unsaturated/α-hetero) is 1. The molecule has 0 spiro atoms. The molecule has 1 amide bonds. The number of amides is 1. The van der Waals surface area contributed by atoms with Crippen LogP contribution in [-0.4, -0.2) is 32.2 Å². The van der Waals surface area contributed by atoms with E-state index in [4.69, 9.17) is 0 Å². The van der Waals surface area contributed by atoms with Crippen molar-refractivity contribution in [2.24, 2.45) is 0 Å². The molecule has 1 aromatic heterocycles. The normalized spacial score (nSPS) is 11.9. The fraction of sp³-hybridized carbons (Fsp3) is 0.273. The lowest BCUT2D eigenvalue weighted by Gasteiger charge is -2.15. The molecule has 0 saturated heterocycles. The summed E-state index contributed by atoms with van der Waals surface area (Å²) in [5, 5.41) is 12.1. The number of benzene rings is 2. The molecule has 0 aliphatic carbocycles. The predicted molar refractivity (Wildman–Crippen MR) is 122 cm³/mol. The summed E-state index contributed by atoms with van der Waals surface area (Å²) in [4.78, 5) is 25.0. The molecule has 1 heterocycles. The van der Waals surface area contributed by atoms with E-state index in [0.717, 1.165) is 10.0 Å². The average molecular weight is 487 g/mol. The second-order valence-corrected chi connectivity index (χ2v) is 8.72. The highest BCUT2D eigenvalue weighted by Gasteiger charge is 2.20. The number of halogens is 1. The summed E-state index contributed by atoms with van der Waals surface area (Å²) in [5.74, 6) is 0.800. The first-order valence-electron chi connectivity index (χ1n) is 9.61. The molecule has 3 aromatic rings. The van der Waals surface area contributed by atoms with Crippen LogP contribution in [0.25, 0.3) is 0 Å². The summed E-state index contributed by atoms with van der Waals surface area (Å²) in [7, 11) is 0. The number of aryl methyl sites for hydroxylation is 1. The quantitative estimate of drug-likeness (QED) is 0.364. The van der Waals surface area contributed by atoms with Crippen LogP contribution in [0.4, 0.5) is 0 Å². The molecule has 156 valence electrons. The second-order valence-electron chi connectivity index (χ2n) is 6.86. The molecule has 0 radical (unpaired) electrons. The number of nitrogens with one attached hydrogen (secondary N) is 1. The van der Waals surface area contributed by atoms with Crippen molar-refractivity contribution >= 4 is 39.4 Å². The number of ketones is 1. The van der Waals surface area contributed by atoms with Gasteiger partial charge in [-0.15, -0.1) is 10.2 Å². The molecule has 0 unspecified atom stereocenters. The number of aromatic nitrogens is 3. The lowest BCUT2D eigenvalue weighted by atomic mass is 10.1. The third-order valence-corrected chi connectivity index (χ3v) is 6.10. The zero-order valence-electron chi connectivity index (χ0n) is 17.1. The van der Waals surface area contributed by atoms with Crippen LogP contribution in [0, 0.1) is 6.92 Å². The van der Waals surface area contributed by atoms with E-state index in [2.05, 4.69) is 31.4 Å². The number of thioether (sulfide) groups is 1. The molecule has 3 rings (SSSR count). The van der Waals surface area contributed by atoms with E-state index < -0.39 is 0 Å². The smallest absolute Gasteiger partial charge is 0.251 e. The Morgan fingerprint density at radius 3 is 2.33 bits per heavy atom. The largest absolute Gasteiger partial charge is 0.342 e. The highest BCUT2D eigenvalue weighted by Crippen LogP contribution is 2.22. The second kappa shape index (κ2) is 10.0. The molecular weight excluding hydrogens is 464 g/mol. The van der Waals surface area contributed by atoms with Gasteiger partial charge in [-0.25, -0.2) is 0 Å². The van der Waals surface area contributed by atoms with E-state index in [1.165, 1.54) is 11.8 Å². The first-order valence-corrected chi connectivity index (χ1v) is 11.4. The Kier molecular flexibility index (Phi) is 7.44. The predicted octanol–water partition coefficient (Wildman–Crippen LogP) is 4.83. The molecule has 8 heteroatoms. The van der Waals surface area contributed by atoms with Crippen molar-refractivity contribution in [1.82, 2.24) is 20.1 Å². The zero-order valence-corrected chi connectivity index (χ0v) is 19.5. The third kappa shape index (κ3) is 5.37. The van der Waals surface area contributed by atoms with Crippen LogP contribution < -0.4 is 5.32 Å². The van der Waals surface area contributed by atoms with Gasteiger partial charge in [0.25, 0.3) is 5.91 Å². The van der Waals surface area contributed by atoms with Gasteiger partial charge in [-0.2, -0.15) is 0 Å². The first kappa shape index (κ1) is 22.2. The van der Waals surface area contributed by atoms with E-state index in [9.17, 15) is 9.59 Å². The van der Waals surface area contributed by atoms with Crippen molar-refractivity contribution in [2.75, 3.05) is 5.75 Å². The van der Waals surface area contributed by atoms with Gasteiger partial charge in [0.1, 0.15) is 0 Å². The number of carbonyl (C=O) groups excluding carboxylic acids is 2. The van der Waals surface area contributed by atoms with Crippen molar-refractivity contribution in [3.63, 3.8) is 0 Å². The lowest BCUT2D eigenvalue weighted by molar-refractivity contribution is 0.0936. The fourth-order valence-electron chi connectivity index (χ4n) is 2.92. The average Bonchev–Trinajstić information content (AvgIpc) is 3.16. The minimum absolute atomic E-state index is 0.0282. The number of carbonyl (C=O) groups is 2. The summed E-state index contributed by atoms with van der Waals surface area (Å²) in [6.45, 7) is 6.49. The van der Waals surface area contributed by atoms with Crippen LogP contribution in [0.5, 0.6) is 0 Å². The van der Waals surface area contributed by atoms with Gasteiger partial charge in [-0.1, -0.05) is 57.5 Å². The monoisotopic (exact) mass is 486 g/mol. The van der Waals surface area contributed by atoms with Crippen LogP contribution in [0.3, 0.4) is 0 Å². The Hall–Kier alpha value is -2.45. The van der Waals surface area contributed by atoms with Gasteiger partial charge in [0.2, 0.25) is 0 Å². The molecule has 0 bridgehead atoms. The highest BCUT2D eigenvalue weighted by atomic mass is 79.9. The molecular formula is C22H23BrN4O2S. The molecule has 0 saturated carbocycles. The van der Waals surface area contributed by atoms with E-state index >= 15 is 0 Å². The van der Waals surface area contributed by atoms with Crippen LogP contribution >= 0.6 is 27.7 Å². The van der Waals surface area contributed by atoms with Crippen LogP contribution in [-0.2, 0) is 6.54 Å². The van der Waals surface area contributed by atoms with Gasteiger partial charge in [0.15, 0.2) is 16.8 Å². The Balaban J connectivity index is 1.66. The van der Waals surface area contributed by atoms with Crippen molar-refractivity contribution < 1.29 is 9.59 Å². The van der Waals surface area contributed by atoms with E-state index in [1.807, 2.05) is 49.6 Å². The Morgan fingerprint density at radius 1 is 1.07 bits per heavy atom. The Labute approximate surface area is 188 Å². The number of rotatable bonds is 8. The van der Waals surface area contributed by atoms with E-state index in [0.29, 0.717) is 28.7 Å². The van der Waals surface area contributed by atoms with Gasteiger partial charge < -0.3 is 9.88 Å². The molecule has 0 aliphatic heterocycles. The minimum atomic E-state index is -0.317. The van der Waals surface area contributed by atoms with E-state index in [1.54, 1.807) is 24.3 Å². The van der Waals surface area contributed by atoms with E-state index in [-0.39, 0.29) is 23.5 Å². The van der Waals surface area contributed by atoms with Gasteiger partial charge >= 0.3 is 0 Å². The molecule has 30 heavy (non-hydrogen) atoms. The topological polar surface area (TPSA) is 76.9 Å². The summed E-state index contributed by atoms with van der Waals surface area (Å²) < 4.78 is 2.86. The fourth-order valence-corrected chi connectivity index (χ4v) is 4.09.